The fourth-order valence-corrected chi connectivity index (χ4v) is 2.81. The average molecular weight is 529 g/mol. The Kier molecular flexibility index (Phi) is 14.1. The highest BCUT2D eigenvalue weighted by Crippen LogP contribution is 2.11. The van der Waals surface area contributed by atoms with Gasteiger partial charge in [-0.3, -0.25) is 24.0 Å². The molecule has 1 aromatic carbocycles. The van der Waals surface area contributed by atoms with Crippen LogP contribution in [0.3, 0.4) is 0 Å². The lowest BCUT2D eigenvalue weighted by molar-refractivity contribution is -0.147. The van der Waals surface area contributed by atoms with Crippen LogP contribution in [0.25, 0.3) is 0 Å². The van der Waals surface area contributed by atoms with E-state index < -0.39 is 66.3 Å². The Hall–Kier alpha value is -4.07. The number of carbonyl (C=O) groups excluding carboxylic acids is 4. The fraction of sp³-hybridized carbons (Fsp3) is 0.478. The van der Waals surface area contributed by atoms with Crippen LogP contribution in [-0.4, -0.2) is 75.2 Å². The normalized spacial score (nSPS) is 13.6. The molecule has 0 radical (unpaired) electrons. The summed E-state index contributed by atoms with van der Waals surface area (Å²) in [6.07, 6.45) is -0.664. The lowest BCUT2D eigenvalue weighted by atomic mass is 10.0. The highest BCUT2D eigenvalue weighted by atomic mass is 19.1. The van der Waals surface area contributed by atoms with E-state index in [2.05, 4.69) is 16.0 Å². The van der Waals surface area contributed by atoms with Gasteiger partial charge in [0, 0.05) is 6.92 Å². The molecule has 37 heavy (non-hydrogen) atoms. The third-order valence-electron chi connectivity index (χ3n) is 4.72. The molecule has 0 saturated heterocycles. The third kappa shape index (κ3) is 13.6. The van der Waals surface area contributed by atoms with Crippen LogP contribution >= 0.6 is 0 Å². The number of halogens is 1. The number of phenolic OH excluding ortho intramolecular Hbond substituents is 1. The van der Waals surface area contributed by atoms with Gasteiger partial charge in [-0.25, -0.2) is 4.79 Å². The van der Waals surface area contributed by atoms with Gasteiger partial charge in [-0.1, -0.05) is 26.0 Å². The number of nitrogens with two attached hydrogens (primary N) is 1. The largest absolute Gasteiger partial charge is 0.508 e. The highest BCUT2D eigenvalue weighted by molar-refractivity contribution is 5.94. The average Bonchev–Trinajstić information content (AvgIpc) is 2.77. The zero-order valence-corrected chi connectivity index (χ0v) is 20.9. The van der Waals surface area contributed by atoms with Crippen LogP contribution in [0.15, 0.2) is 24.3 Å². The van der Waals surface area contributed by atoms with E-state index in [9.17, 15) is 33.5 Å². The number of phenols is 1. The van der Waals surface area contributed by atoms with Crippen molar-refractivity contribution in [3.8, 4) is 5.75 Å². The predicted octanol–water partition coefficient (Wildman–Crippen LogP) is -0.546. The van der Waals surface area contributed by atoms with Crippen molar-refractivity contribution < 1.29 is 48.5 Å². The first-order valence-corrected chi connectivity index (χ1v) is 11.1. The number of hydrogen-bond acceptors (Lipinski definition) is 8. The van der Waals surface area contributed by atoms with E-state index in [0.717, 1.165) is 6.92 Å². The summed E-state index contributed by atoms with van der Waals surface area (Å²) in [6, 6.07) is -0.0483. The van der Waals surface area contributed by atoms with Crippen molar-refractivity contribution in [2.24, 2.45) is 11.7 Å². The highest BCUT2D eigenvalue weighted by Gasteiger charge is 2.30. The molecular formula is C23H33FN4O9. The Morgan fingerprint density at radius 2 is 1.41 bits per heavy atom. The minimum atomic E-state index is -1.66. The molecule has 0 unspecified atom stereocenters. The first kappa shape index (κ1) is 32.9. The molecule has 0 aliphatic carbocycles. The SMILES string of the molecule is CC(=O)F.CC(C)[C@H](NC(=O)[C@@H](N)Cc1ccc(O)cc1)C(=O)N[C@@H](C)C(=O)N[C@@H](CC(=O)O)C(=O)O. The molecule has 8 N–H and O–H groups in total. The Morgan fingerprint density at radius 1 is 0.892 bits per heavy atom. The second-order valence-corrected chi connectivity index (χ2v) is 8.41. The van der Waals surface area contributed by atoms with Gasteiger partial charge < -0.3 is 37.0 Å². The molecule has 0 spiro atoms. The second-order valence-electron chi connectivity index (χ2n) is 8.41. The number of benzene rings is 1. The predicted molar refractivity (Wildman–Crippen MR) is 128 cm³/mol. The third-order valence-corrected chi connectivity index (χ3v) is 4.72. The molecule has 0 aromatic heterocycles. The molecule has 0 bridgehead atoms. The maximum Gasteiger partial charge on any atom is 0.326 e. The summed E-state index contributed by atoms with van der Waals surface area (Å²) in [7, 11) is 0. The number of nitrogens with one attached hydrogen (secondary N) is 3. The van der Waals surface area contributed by atoms with Crippen molar-refractivity contribution in [1.29, 1.82) is 0 Å². The van der Waals surface area contributed by atoms with Crippen LogP contribution in [0.5, 0.6) is 5.75 Å². The maximum atomic E-state index is 12.7. The number of carboxylic acids is 2. The molecule has 0 fully saturated rings. The van der Waals surface area contributed by atoms with Gasteiger partial charge in [-0.15, -0.1) is 0 Å². The quantitative estimate of drug-likeness (QED) is 0.171. The fourth-order valence-electron chi connectivity index (χ4n) is 2.81. The summed E-state index contributed by atoms with van der Waals surface area (Å²) >= 11 is 0. The van der Waals surface area contributed by atoms with Crippen LogP contribution in [0.4, 0.5) is 4.39 Å². The van der Waals surface area contributed by atoms with Crippen LogP contribution in [0.1, 0.15) is 39.7 Å². The molecule has 0 saturated carbocycles. The molecule has 206 valence electrons. The summed E-state index contributed by atoms with van der Waals surface area (Å²) in [5, 5.41) is 34.1. The summed E-state index contributed by atoms with van der Waals surface area (Å²) in [4.78, 5) is 68.0. The van der Waals surface area contributed by atoms with Crippen molar-refractivity contribution in [2.45, 2.75) is 64.7 Å². The minimum Gasteiger partial charge on any atom is -0.508 e. The number of aliphatic carboxylic acids is 2. The number of carbonyl (C=O) groups is 6. The van der Waals surface area contributed by atoms with Gasteiger partial charge in [0.1, 0.15) is 23.9 Å². The zero-order valence-electron chi connectivity index (χ0n) is 20.9. The van der Waals surface area contributed by atoms with Crippen molar-refractivity contribution in [1.82, 2.24) is 16.0 Å². The zero-order chi connectivity index (χ0) is 28.9. The Balaban J connectivity index is 0.00000300. The van der Waals surface area contributed by atoms with Gasteiger partial charge in [-0.2, -0.15) is 4.39 Å². The molecule has 1 aromatic rings. The number of rotatable bonds is 12. The van der Waals surface area contributed by atoms with E-state index in [1.807, 2.05) is 0 Å². The molecule has 0 aliphatic heterocycles. The van der Waals surface area contributed by atoms with Crippen LogP contribution in [-0.2, 0) is 35.2 Å². The number of aromatic hydroxyl groups is 1. The standard InChI is InChI=1S/C21H30N4O8.C2H3FO/c1-10(2)17(25-19(30)14(22)8-12-4-6-13(26)7-5-12)20(31)23-11(3)18(29)24-15(21(32)33)9-16(27)28;1-2(3)4/h4-7,10-11,14-15,17,26H,8-9,22H2,1-3H3,(H,23,31)(H,24,29)(H,25,30)(H,27,28)(H,32,33);1H3/t11-,14-,15-,17-;/m0./s1. The van der Waals surface area contributed by atoms with Gasteiger partial charge in [0.2, 0.25) is 17.7 Å². The summed E-state index contributed by atoms with van der Waals surface area (Å²) < 4.78 is 10.4. The number of amides is 3. The van der Waals surface area contributed by atoms with E-state index in [0.29, 0.717) is 5.56 Å². The molecule has 13 nitrogen and oxygen atoms in total. The van der Waals surface area contributed by atoms with Crippen molar-refractivity contribution in [2.75, 3.05) is 0 Å². The maximum absolute atomic E-state index is 12.7. The van der Waals surface area contributed by atoms with Crippen molar-refractivity contribution >= 4 is 35.7 Å². The van der Waals surface area contributed by atoms with Crippen molar-refractivity contribution in [3.05, 3.63) is 29.8 Å². The van der Waals surface area contributed by atoms with E-state index in [1.165, 1.54) is 19.1 Å². The minimum absolute atomic E-state index is 0.0732. The topological polar surface area (TPSA) is 225 Å². The van der Waals surface area contributed by atoms with Crippen LogP contribution in [0, 0.1) is 5.92 Å². The van der Waals surface area contributed by atoms with Gasteiger partial charge >= 0.3 is 11.9 Å². The van der Waals surface area contributed by atoms with Gasteiger partial charge in [0.25, 0.3) is 6.04 Å². The molecular weight excluding hydrogens is 495 g/mol. The molecule has 0 aliphatic rings. The summed E-state index contributed by atoms with van der Waals surface area (Å²) in [6.45, 7) is 5.50. The van der Waals surface area contributed by atoms with Crippen molar-refractivity contribution in [3.63, 3.8) is 0 Å². The van der Waals surface area contributed by atoms with E-state index in [1.54, 1.807) is 26.0 Å². The smallest absolute Gasteiger partial charge is 0.326 e. The van der Waals surface area contributed by atoms with E-state index >= 15 is 0 Å². The lowest BCUT2D eigenvalue weighted by Crippen LogP contribution is -2.58. The van der Waals surface area contributed by atoms with E-state index in [4.69, 9.17) is 20.7 Å². The first-order chi connectivity index (χ1) is 17.0. The summed E-state index contributed by atoms with van der Waals surface area (Å²) in [5.74, 6) is -5.42. The van der Waals surface area contributed by atoms with Gasteiger partial charge in [0.05, 0.1) is 12.5 Å². The lowest BCUT2D eigenvalue weighted by Gasteiger charge is -2.25. The molecule has 3 amide bonds. The summed E-state index contributed by atoms with van der Waals surface area (Å²) in [5.41, 5.74) is 6.64. The number of hydrogen-bond donors (Lipinski definition) is 7. The van der Waals surface area contributed by atoms with E-state index in [-0.39, 0.29) is 18.1 Å². The molecule has 1 rings (SSSR count). The van der Waals surface area contributed by atoms with Gasteiger partial charge in [-0.05, 0) is 37.0 Å². The van der Waals surface area contributed by atoms with Gasteiger partial charge in [0.15, 0.2) is 0 Å². The molecule has 0 heterocycles. The number of carboxylic acid groups (broad SMARTS) is 2. The Labute approximate surface area is 212 Å². The monoisotopic (exact) mass is 528 g/mol. The van der Waals surface area contributed by atoms with Crippen LogP contribution in [0.2, 0.25) is 0 Å². The second kappa shape index (κ2) is 15.8. The molecule has 4 atom stereocenters. The first-order valence-electron chi connectivity index (χ1n) is 11.1. The Morgan fingerprint density at radius 3 is 1.84 bits per heavy atom. The van der Waals surface area contributed by atoms with Crippen LogP contribution < -0.4 is 21.7 Å². The molecule has 14 heteroatoms. The Bertz CT molecular complexity index is 965.